The van der Waals surface area contributed by atoms with Crippen molar-refractivity contribution in [2.75, 3.05) is 27.8 Å². The Labute approximate surface area is 202 Å². The fourth-order valence-electron chi connectivity index (χ4n) is 3.56. The summed E-state index contributed by atoms with van der Waals surface area (Å²) in [5.74, 6) is 1.50. The summed E-state index contributed by atoms with van der Waals surface area (Å²) in [5.41, 5.74) is 1.97. The molecule has 0 N–H and O–H groups in total. The van der Waals surface area contributed by atoms with Crippen molar-refractivity contribution in [3.05, 3.63) is 67.8 Å². The SMILES string of the molecule is COCOc1ccc2cc(I)ccc2c1-c1c(OCOC)ccc2cc(I)ccc12. The Morgan fingerprint density at radius 3 is 1.43 bits per heavy atom. The average Bonchev–Trinajstić information content (AvgIpc) is 2.75. The number of hydrogen-bond acceptors (Lipinski definition) is 4. The summed E-state index contributed by atoms with van der Waals surface area (Å²) in [6.07, 6.45) is 0. The van der Waals surface area contributed by atoms with Gasteiger partial charge in [0.1, 0.15) is 11.5 Å². The normalized spacial score (nSPS) is 11.2. The lowest BCUT2D eigenvalue weighted by Gasteiger charge is -2.19. The molecule has 0 saturated carbocycles. The monoisotopic (exact) mass is 626 g/mol. The molecule has 0 aliphatic heterocycles. The molecule has 0 amide bonds. The van der Waals surface area contributed by atoms with Crippen molar-refractivity contribution in [3.8, 4) is 22.6 Å². The molecule has 0 saturated heterocycles. The van der Waals surface area contributed by atoms with Gasteiger partial charge in [-0.05, 0) is 103 Å². The van der Waals surface area contributed by atoms with Gasteiger partial charge in [-0.1, -0.05) is 24.3 Å². The Morgan fingerprint density at radius 2 is 1.03 bits per heavy atom. The molecule has 0 bridgehead atoms. The van der Waals surface area contributed by atoms with E-state index in [4.69, 9.17) is 18.9 Å². The van der Waals surface area contributed by atoms with E-state index < -0.39 is 0 Å². The first-order valence-electron chi connectivity index (χ1n) is 9.30. The Morgan fingerprint density at radius 1 is 0.600 bits per heavy atom. The standard InChI is InChI=1S/C24H20I2O4/c1-27-13-29-21-9-3-15-11-17(25)5-7-19(15)23(21)24-20-8-6-18(26)12-16(20)4-10-22(24)30-14-28-2/h3-12H,13-14H2,1-2H3. The summed E-state index contributed by atoms with van der Waals surface area (Å²) >= 11 is 4.67. The molecule has 4 aromatic carbocycles. The number of benzene rings is 4. The van der Waals surface area contributed by atoms with Crippen molar-refractivity contribution in [1.82, 2.24) is 0 Å². The first-order valence-corrected chi connectivity index (χ1v) is 11.5. The number of rotatable bonds is 7. The molecule has 0 spiro atoms. The fraction of sp³-hybridized carbons (Fsp3) is 0.167. The minimum absolute atomic E-state index is 0.166. The highest BCUT2D eigenvalue weighted by molar-refractivity contribution is 14.1. The molecule has 0 radical (unpaired) electrons. The molecule has 6 heteroatoms. The second kappa shape index (κ2) is 9.67. The first kappa shape index (κ1) is 21.6. The van der Waals surface area contributed by atoms with Crippen LogP contribution < -0.4 is 9.47 Å². The van der Waals surface area contributed by atoms with Crippen LogP contribution in [0.25, 0.3) is 32.7 Å². The number of hydrogen-bond donors (Lipinski definition) is 0. The van der Waals surface area contributed by atoms with Crippen molar-refractivity contribution >= 4 is 66.7 Å². The molecule has 0 aliphatic carbocycles. The molecular formula is C24H20I2O4. The molecule has 0 heterocycles. The van der Waals surface area contributed by atoms with Gasteiger partial charge >= 0.3 is 0 Å². The molecule has 0 atom stereocenters. The van der Waals surface area contributed by atoms with Crippen molar-refractivity contribution in [2.24, 2.45) is 0 Å². The third-order valence-electron chi connectivity index (χ3n) is 4.80. The van der Waals surface area contributed by atoms with Crippen LogP contribution in [0, 0.1) is 7.14 Å². The van der Waals surface area contributed by atoms with Gasteiger partial charge in [-0.15, -0.1) is 0 Å². The second-order valence-corrected chi connectivity index (χ2v) is 9.20. The summed E-state index contributed by atoms with van der Waals surface area (Å²) in [4.78, 5) is 0. The highest BCUT2D eigenvalue weighted by Crippen LogP contribution is 2.45. The zero-order valence-electron chi connectivity index (χ0n) is 16.6. The minimum Gasteiger partial charge on any atom is -0.467 e. The predicted molar refractivity (Wildman–Crippen MR) is 137 cm³/mol. The largest absolute Gasteiger partial charge is 0.467 e. The molecule has 0 aliphatic rings. The van der Waals surface area contributed by atoms with Crippen LogP contribution in [0.15, 0.2) is 60.7 Å². The van der Waals surface area contributed by atoms with E-state index in [1.807, 2.05) is 12.1 Å². The van der Waals surface area contributed by atoms with E-state index in [1.54, 1.807) is 14.2 Å². The smallest absolute Gasteiger partial charge is 0.188 e. The Hall–Kier alpha value is -1.62. The molecule has 4 aromatic rings. The molecular weight excluding hydrogens is 606 g/mol. The Balaban J connectivity index is 2.09. The molecule has 4 rings (SSSR count). The van der Waals surface area contributed by atoms with Crippen LogP contribution in [0.5, 0.6) is 11.5 Å². The first-order chi connectivity index (χ1) is 14.6. The van der Waals surface area contributed by atoms with Gasteiger partial charge in [0.05, 0.1) is 0 Å². The van der Waals surface area contributed by atoms with E-state index in [-0.39, 0.29) is 13.6 Å². The average molecular weight is 626 g/mol. The molecule has 0 aromatic heterocycles. The van der Waals surface area contributed by atoms with Crippen molar-refractivity contribution in [3.63, 3.8) is 0 Å². The number of ether oxygens (including phenoxy) is 4. The number of halogens is 2. The van der Waals surface area contributed by atoms with Crippen LogP contribution >= 0.6 is 45.2 Å². The topological polar surface area (TPSA) is 36.9 Å². The number of fused-ring (bicyclic) bond motifs is 2. The highest BCUT2D eigenvalue weighted by atomic mass is 127. The van der Waals surface area contributed by atoms with E-state index in [0.717, 1.165) is 44.2 Å². The minimum atomic E-state index is 0.166. The molecule has 154 valence electrons. The van der Waals surface area contributed by atoms with E-state index in [0.29, 0.717) is 0 Å². The second-order valence-electron chi connectivity index (χ2n) is 6.71. The Bertz CT molecular complexity index is 1110. The van der Waals surface area contributed by atoms with Crippen LogP contribution in [-0.4, -0.2) is 27.8 Å². The highest BCUT2D eigenvalue weighted by Gasteiger charge is 2.19. The van der Waals surface area contributed by atoms with E-state index in [2.05, 4.69) is 93.7 Å². The van der Waals surface area contributed by atoms with Crippen LogP contribution in [-0.2, 0) is 9.47 Å². The van der Waals surface area contributed by atoms with Crippen molar-refractivity contribution in [1.29, 1.82) is 0 Å². The maximum Gasteiger partial charge on any atom is 0.188 e. The maximum atomic E-state index is 6.00. The molecule has 0 fully saturated rings. The van der Waals surface area contributed by atoms with E-state index >= 15 is 0 Å². The van der Waals surface area contributed by atoms with Crippen molar-refractivity contribution < 1.29 is 18.9 Å². The van der Waals surface area contributed by atoms with Crippen LogP contribution in [0.4, 0.5) is 0 Å². The van der Waals surface area contributed by atoms with Gasteiger partial charge in [0, 0.05) is 32.5 Å². The van der Waals surface area contributed by atoms with Gasteiger partial charge in [0.2, 0.25) is 0 Å². The predicted octanol–water partition coefficient (Wildman–Crippen LogP) is 6.83. The zero-order valence-corrected chi connectivity index (χ0v) is 20.9. The van der Waals surface area contributed by atoms with E-state index in [9.17, 15) is 0 Å². The maximum absolute atomic E-state index is 6.00. The lowest BCUT2D eigenvalue weighted by Crippen LogP contribution is -2.04. The number of methoxy groups -OCH3 is 2. The Kier molecular flexibility index (Phi) is 6.97. The van der Waals surface area contributed by atoms with Gasteiger partial charge in [0.25, 0.3) is 0 Å². The summed E-state index contributed by atoms with van der Waals surface area (Å²) < 4.78 is 24.7. The lowest BCUT2D eigenvalue weighted by atomic mass is 9.92. The van der Waals surface area contributed by atoms with E-state index in [1.165, 1.54) is 7.14 Å². The van der Waals surface area contributed by atoms with Crippen LogP contribution in [0.2, 0.25) is 0 Å². The van der Waals surface area contributed by atoms with Gasteiger partial charge in [-0.3, -0.25) is 0 Å². The molecule has 30 heavy (non-hydrogen) atoms. The molecule has 0 unspecified atom stereocenters. The summed E-state index contributed by atoms with van der Waals surface area (Å²) in [7, 11) is 3.24. The summed E-state index contributed by atoms with van der Waals surface area (Å²) in [6.45, 7) is 0.333. The zero-order chi connectivity index (χ0) is 21.1. The lowest BCUT2D eigenvalue weighted by molar-refractivity contribution is 0.0502. The van der Waals surface area contributed by atoms with Gasteiger partial charge in [-0.25, -0.2) is 0 Å². The quantitative estimate of drug-likeness (QED) is 0.167. The summed E-state index contributed by atoms with van der Waals surface area (Å²) in [5, 5.41) is 4.47. The van der Waals surface area contributed by atoms with Gasteiger partial charge in [-0.2, -0.15) is 0 Å². The van der Waals surface area contributed by atoms with Crippen LogP contribution in [0.3, 0.4) is 0 Å². The third kappa shape index (κ3) is 4.37. The third-order valence-corrected chi connectivity index (χ3v) is 6.14. The van der Waals surface area contributed by atoms with Gasteiger partial charge < -0.3 is 18.9 Å². The molecule has 4 nitrogen and oxygen atoms in total. The van der Waals surface area contributed by atoms with Crippen LogP contribution in [0.1, 0.15) is 0 Å². The van der Waals surface area contributed by atoms with Crippen molar-refractivity contribution in [2.45, 2.75) is 0 Å². The van der Waals surface area contributed by atoms with Gasteiger partial charge in [0.15, 0.2) is 13.6 Å². The fourth-order valence-corrected chi connectivity index (χ4v) is 4.59. The summed E-state index contributed by atoms with van der Waals surface area (Å²) in [6, 6.07) is 21.0.